The van der Waals surface area contributed by atoms with Gasteiger partial charge in [-0.3, -0.25) is 10.1 Å². The number of fused-ring (bicyclic) bond motifs is 1. The third-order valence-corrected chi connectivity index (χ3v) is 4.69. The van der Waals surface area contributed by atoms with Gasteiger partial charge in [-0.15, -0.1) is 15.3 Å². The van der Waals surface area contributed by atoms with E-state index in [0.717, 1.165) is 16.9 Å². The highest BCUT2D eigenvalue weighted by atomic mass is 32.1. The number of nitrogens with one attached hydrogen (secondary N) is 1. The van der Waals surface area contributed by atoms with E-state index in [4.69, 9.17) is 4.74 Å². The van der Waals surface area contributed by atoms with Crippen molar-refractivity contribution in [3.8, 4) is 17.1 Å². The first-order chi connectivity index (χ1) is 12.6. The van der Waals surface area contributed by atoms with Gasteiger partial charge >= 0.3 is 0 Å². The molecule has 0 saturated carbocycles. The van der Waals surface area contributed by atoms with Crippen LogP contribution in [0.4, 0.5) is 5.13 Å². The Balaban J connectivity index is 1.61. The highest BCUT2D eigenvalue weighted by Gasteiger charge is 2.15. The van der Waals surface area contributed by atoms with E-state index < -0.39 is 0 Å². The third-order valence-electron chi connectivity index (χ3n) is 3.87. The van der Waals surface area contributed by atoms with Crippen molar-refractivity contribution in [3.63, 3.8) is 0 Å². The molecule has 4 aromatic rings. The average Bonchev–Trinajstić information content (AvgIpc) is 3.22. The molecule has 2 aromatic carbocycles. The lowest BCUT2D eigenvalue weighted by molar-refractivity contribution is 0.102. The van der Waals surface area contributed by atoms with Crippen LogP contribution in [-0.2, 0) is 0 Å². The van der Waals surface area contributed by atoms with Crippen LogP contribution < -0.4 is 10.1 Å². The van der Waals surface area contributed by atoms with Gasteiger partial charge in [0.15, 0.2) is 5.82 Å². The number of carbonyl (C=O) groups is 1. The number of hydrogen-bond donors (Lipinski definition) is 1. The first-order valence-corrected chi connectivity index (χ1v) is 8.70. The number of nitrogens with zero attached hydrogens (tertiary/aromatic N) is 4. The second-order valence-corrected chi connectivity index (χ2v) is 6.63. The largest absolute Gasteiger partial charge is 0.497 e. The average molecular weight is 365 g/mol. The quantitative estimate of drug-likeness (QED) is 0.599. The molecule has 0 aliphatic carbocycles. The Morgan fingerprint density at radius 2 is 1.81 bits per heavy atom. The van der Waals surface area contributed by atoms with Crippen LogP contribution in [-0.4, -0.2) is 32.8 Å². The topological polar surface area (TPSA) is 81.4 Å². The zero-order valence-electron chi connectivity index (χ0n) is 14.1. The molecule has 0 atom stereocenters. The van der Waals surface area contributed by atoms with Gasteiger partial charge in [0.25, 0.3) is 5.91 Å². The van der Waals surface area contributed by atoms with Crippen LogP contribution in [0, 0.1) is 6.92 Å². The molecule has 8 heteroatoms. The van der Waals surface area contributed by atoms with E-state index in [1.807, 2.05) is 43.3 Å². The molecular formula is C18H15N5O2S. The fourth-order valence-electron chi connectivity index (χ4n) is 2.46. The lowest BCUT2D eigenvalue weighted by atomic mass is 10.1. The van der Waals surface area contributed by atoms with Crippen LogP contribution in [0.3, 0.4) is 0 Å². The summed E-state index contributed by atoms with van der Waals surface area (Å²) in [7, 11) is 1.62. The minimum atomic E-state index is -0.207. The molecule has 2 aromatic heterocycles. The molecule has 7 nitrogen and oxygen atoms in total. The van der Waals surface area contributed by atoms with E-state index in [0.29, 0.717) is 21.5 Å². The lowest BCUT2D eigenvalue weighted by Gasteiger charge is -2.02. The Morgan fingerprint density at radius 1 is 1.08 bits per heavy atom. The maximum atomic E-state index is 12.3. The Hall–Kier alpha value is -3.26. The first-order valence-electron chi connectivity index (χ1n) is 7.89. The molecule has 0 bridgehead atoms. The van der Waals surface area contributed by atoms with Crippen LogP contribution in [0.25, 0.3) is 16.3 Å². The molecule has 2 heterocycles. The summed E-state index contributed by atoms with van der Waals surface area (Å²) in [5, 5.41) is 16.0. The molecule has 0 radical (unpaired) electrons. The summed E-state index contributed by atoms with van der Waals surface area (Å²) in [5.41, 5.74) is 2.54. The molecule has 0 saturated heterocycles. The zero-order valence-corrected chi connectivity index (χ0v) is 14.9. The van der Waals surface area contributed by atoms with Crippen LogP contribution in [0.1, 0.15) is 15.9 Å². The second-order valence-electron chi connectivity index (χ2n) is 5.67. The maximum Gasteiger partial charge on any atom is 0.257 e. The predicted octanol–water partition coefficient (Wildman–Crippen LogP) is 3.42. The monoisotopic (exact) mass is 365 g/mol. The van der Waals surface area contributed by atoms with Crippen molar-refractivity contribution in [1.82, 2.24) is 19.8 Å². The summed E-state index contributed by atoms with van der Waals surface area (Å²) in [6, 6.07) is 14.8. The van der Waals surface area contributed by atoms with Crippen molar-refractivity contribution in [3.05, 3.63) is 59.7 Å². The summed E-state index contributed by atoms with van der Waals surface area (Å²) < 4.78 is 6.79. The van der Waals surface area contributed by atoms with Crippen LogP contribution in [0.2, 0.25) is 0 Å². The number of carbonyl (C=O) groups excluding carboxylic acids is 1. The first kappa shape index (κ1) is 16.2. The minimum absolute atomic E-state index is 0.207. The number of amides is 1. The normalized spacial score (nSPS) is 10.8. The summed E-state index contributed by atoms with van der Waals surface area (Å²) in [6.07, 6.45) is 0. The molecule has 0 unspecified atom stereocenters. The SMILES string of the molecule is COc1ccc(-c2nnc3sc(NC(=O)c4ccc(C)cc4)nn23)cc1. The van der Waals surface area contributed by atoms with Crippen molar-refractivity contribution in [2.24, 2.45) is 0 Å². The Labute approximate surface area is 153 Å². The molecule has 1 amide bonds. The molecule has 26 heavy (non-hydrogen) atoms. The number of benzene rings is 2. The molecule has 4 rings (SSSR count). The predicted molar refractivity (Wildman–Crippen MR) is 99.8 cm³/mol. The Kier molecular flexibility index (Phi) is 4.10. The second kappa shape index (κ2) is 6.57. The molecule has 0 fully saturated rings. The van der Waals surface area contributed by atoms with Gasteiger partial charge in [0.1, 0.15) is 5.75 Å². The Morgan fingerprint density at radius 3 is 2.50 bits per heavy atom. The van der Waals surface area contributed by atoms with Crippen molar-refractivity contribution in [2.45, 2.75) is 6.92 Å². The van der Waals surface area contributed by atoms with E-state index in [9.17, 15) is 4.79 Å². The van der Waals surface area contributed by atoms with E-state index in [1.54, 1.807) is 23.8 Å². The highest BCUT2D eigenvalue weighted by Crippen LogP contribution is 2.25. The van der Waals surface area contributed by atoms with Crippen LogP contribution in [0.15, 0.2) is 48.5 Å². The fourth-order valence-corrected chi connectivity index (χ4v) is 3.20. The molecule has 0 spiro atoms. The molecule has 130 valence electrons. The third kappa shape index (κ3) is 3.02. The zero-order chi connectivity index (χ0) is 18.1. The van der Waals surface area contributed by atoms with Gasteiger partial charge in [0.2, 0.25) is 10.1 Å². The number of rotatable bonds is 4. The van der Waals surface area contributed by atoms with Crippen molar-refractivity contribution >= 4 is 27.3 Å². The molecule has 1 N–H and O–H groups in total. The van der Waals surface area contributed by atoms with Crippen molar-refractivity contribution in [1.29, 1.82) is 0 Å². The van der Waals surface area contributed by atoms with Gasteiger partial charge in [0, 0.05) is 11.1 Å². The van der Waals surface area contributed by atoms with Gasteiger partial charge in [-0.25, -0.2) is 0 Å². The summed E-state index contributed by atoms with van der Waals surface area (Å²) in [4.78, 5) is 13.0. The number of aromatic nitrogens is 4. The minimum Gasteiger partial charge on any atom is -0.497 e. The van der Waals surface area contributed by atoms with Crippen molar-refractivity contribution in [2.75, 3.05) is 12.4 Å². The fraction of sp³-hybridized carbons (Fsp3) is 0.111. The van der Waals surface area contributed by atoms with Gasteiger partial charge < -0.3 is 4.74 Å². The number of anilines is 1. The number of hydrogen-bond acceptors (Lipinski definition) is 6. The van der Waals surface area contributed by atoms with Crippen LogP contribution >= 0.6 is 11.3 Å². The summed E-state index contributed by atoms with van der Waals surface area (Å²) >= 11 is 1.27. The number of aryl methyl sites for hydroxylation is 1. The smallest absolute Gasteiger partial charge is 0.257 e. The van der Waals surface area contributed by atoms with E-state index in [-0.39, 0.29) is 5.91 Å². The van der Waals surface area contributed by atoms with Gasteiger partial charge in [-0.05, 0) is 43.3 Å². The van der Waals surface area contributed by atoms with E-state index >= 15 is 0 Å². The standard InChI is InChI=1S/C18H15N5O2S/c1-11-3-5-13(6-4-11)16(24)19-17-22-23-15(20-21-18(23)26-17)12-7-9-14(25-2)10-8-12/h3-10H,1-2H3,(H,19,22,24). The number of ether oxygens (including phenoxy) is 1. The van der Waals surface area contributed by atoms with Gasteiger partial charge in [-0.1, -0.05) is 29.0 Å². The number of methoxy groups -OCH3 is 1. The molecule has 0 aliphatic rings. The summed E-state index contributed by atoms with van der Waals surface area (Å²) in [6.45, 7) is 1.98. The van der Waals surface area contributed by atoms with Gasteiger partial charge in [0.05, 0.1) is 7.11 Å². The van der Waals surface area contributed by atoms with E-state index in [1.165, 1.54) is 11.3 Å². The van der Waals surface area contributed by atoms with Crippen LogP contribution in [0.5, 0.6) is 5.75 Å². The summed E-state index contributed by atoms with van der Waals surface area (Å²) in [5.74, 6) is 1.16. The molecular weight excluding hydrogens is 350 g/mol. The van der Waals surface area contributed by atoms with Gasteiger partial charge in [-0.2, -0.15) is 4.52 Å². The lowest BCUT2D eigenvalue weighted by Crippen LogP contribution is -2.11. The molecule has 0 aliphatic heterocycles. The van der Waals surface area contributed by atoms with E-state index in [2.05, 4.69) is 20.6 Å². The Bertz CT molecular complexity index is 1070. The highest BCUT2D eigenvalue weighted by molar-refractivity contribution is 7.20. The maximum absolute atomic E-state index is 12.3. The van der Waals surface area contributed by atoms with Crippen molar-refractivity contribution < 1.29 is 9.53 Å².